The summed E-state index contributed by atoms with van der Waals surface area (Å²) in [7, 11) is 3.27. The third-order valence-electron chi connectivity index (χ3n) is 1.98. The smallest absolute Gasteiger partial charge is 0.554 e. The molecule has 0 aliphatic carbocycles. The number of rotatable bonds is 0. The number of nitrogens with zero attached hydrogens (tertiary/aromatic N) is 3. The molecule has 0 spiro atoms. The van der Waals surface area contributed by atoms with Crippen LogP contribution in [0.2, 0.25) is 0 Å². The second-order valence-corrected chi connectivity index (χ2v) is 2.94. The van der Waals surface area contributed by atoms with E-state index in [1.807, 2.05) is 0 Å². The first-order chi connectivity index (χ1) is 7.52. The molecule has 2 aromatic rings. The molecule has 0 fully saturated rings. The summed E-state index contributed by atoms with van der Waals surface area (Å²) in [6.45, 7) is -0.500. The van der Waals surface area contributed by atoms with Gasteiger partial charge in [-0.15, -0.1) is 0 Å². The summed E-state index contributed by atoms with van der Waals surface area (Å²) >= 11 is 0. The Kier molecular flexibility index (Phi) is 5.86. The van der Waals surface area contributed by atoms with Crippen molar-refractivity contribution in [3.8, 4) is 0 Å². The first-order valence-electron chi connectivity index (χ1n) is 4.18. The molecule has 8 nitrogen and oxygen atoms in total. The van der Waals surface area contributed by atoms with Gasteiger partial charge in [0.15, 0.2) is 11.2 Å². The number of H-pyrrole nitrogens is 1. The molecule has 0 atom stereocenters. The van der Waals surface area contributed by atoms with Crippen LogP contribution in [0.15, 0.2) is 15.9 Å². The van der Waals surface area contributed by atoms with E-state index in [2.05, 4.69) is 9.97 Å². The van der Waals surface area contributed by atoms with E-state index in [0.29, 0.717) is 11.2 Å². The van der Waals surface area contributed by atoms with Crippen molar-refractivity contribution >= 4 is 17.6 Å². The zero-order chi connectivity index (χ0) is 12.3. The van der Waals surface area contributed by atoms with Gasteiger partial charge in [-0.3, -0.25) is 14.3 Å². The molecule has 0 unspecified atom stereocenters. The second-order valence-electron chi connectivity index (χ2n) is 2.94. The Bertz CT molecular complexity index is 626. The Hall–Kier alpha value is -1.38. The van der Waals surface area contributed by atoms with Crippen LogP contribution < -0.4 is 45.9 Å². The van der Waals surface area contributed by atoms with Gasteiger partial charge in [-0.05, 0) is 0 Å². The van der Waals surface area contributed by atoms with Gasteiger partial charge in [0.1, 0.15) is 0 Å². The van der Waals surface area contributed by atoms with Gasteiger partial charge in [0.05, 0.1) is 6.33 Å². The fraction of sp³-hybridized carbons (Fsp3) is 0.250. The van der Waals surface area contributed by atoms with Crippen molar-refractivity contribution in [2.24, 2.45) is 14.1 Å². The third-order valence-corrected chi connectivity index (χ3v) is 1.98. The molecule has 0 amide bonds. The minimum atomic E-state index is -0.500. The molecule has 17 heavy (non-hydrogen) atoms. The summed E-state index contributed by atoms with van der Waals surface area (Å²) in [6.07, 6.45) is 1.50. The van der Waals surface area contributed by atoms with E-state index in [1.165, 1.54) is 10.9 Å². The summed E-state index contributed by atoms with van der Waals surface area (Å²) in [5.41, 5.74) is -0.0485. The van der Waals surface area contributed by atoms with E-state index in [1.54, 1.807) is 18.7 Å². The number of carboxylic acid groups (broad SMARTS) is 1. The third kappa shape index (κ3) is 3.05. The van der Waals surface area contributed by atoms with Crippen LogP contribution in [0.5, 0.6) is 0 Å². The number of aryl methyl sites for hydroxylation is 2. The molecule has 0 bridgehead atoms. The molecule has 0 aliphatic heterocycles. The molecule has 1 N–H and O–H groups in total. The van der Waals surface area contributed by atoms with Crippen LogP contribution in [0.4, 0.5) is 0 Å². The van der Waals surface area contributed by atoms with E-state index >= 15 is 0 Å². The minimum absolute atomic E-state index is 0. The Morgan fingerprint density at radius 3 is 2.47 bits per heavy atom. The molecule has 2 aromatic heterocycles. The zero-order valence-corrected chi connectivity index (χ0v) is 11.6. The first kappa shape index (κ1) is 15.6. The average Bonchev–Trinajstić information content (AvgIpc) is 2.59. The second kappa shape index (κ2) is 6.38. The Morgan fingerprint density at radius 2 is 1.94 bits per heavy atom. The standard InChI is InChI=1S/C7H8N4O2.CH2O2.Na/c1-10-3-8-5-4(10)6(12)9-7(13)11(5)2;2-1-3;/h3H,1-2H3,(H,9,12,13);1H,(H,2,3);/q;;+1/p-1. The van der Waals surface area contributed by atoms with Crippen molar-refractivity contribution in [1.82, 2.24) is 19.1 Å². The van der Waals surface area contributed by atoms with E-state index in [4.69, 9.17) is 9.90 Å². The number of imidazole rings is 1. The van der Waals surface area contributed by atoms with E-state index < -0.39 is 17.7 Å². The summed E-state index contributed by atoms with van der Waals surface area (Å²) in [4.78, 5) is 36.8. The van der Waals surface area contributed by atoms with Gasteiger partial charge >= 0.3 is 35.2 Å². The van der Waals surface area contributed by atoms with Gasteiger partial charge in [0.2, 0.25) is 0 Å². The van der Waals surface area contributed by atoms with E-state index in [9.17, 15) is 9.59 Å². The molecule has 0 radical (unpaired) electrons. The maximum Gasteiger partial charge on any atom is 1.00 e. The van der Waals surface area contributed by atoms with Crippen LogP contribution in [0.3, 0.4) is 0 Å². The fourth-order valence-electron chi connectivity index (χ4n) is 1.26. The number of hydrogen-bond acceptors (Lipinski definition) is 5. The number of aromatic nitrogens is 4. The van der Waals surface area contributed by atoms with Gasteiger partial charge in [-0.2, -0.15) is 0 Å². The normalized spacial score (nSPS) is 9.06. The molecule has 0 aromatic carbocycles. The van der Waals surface area contributed by atoms with Crippen LogP contribution >= 0.6 is 0 Å². The van der Waals surface area contributed by atoms with Crippen molar-refractivity contribution < 1.29 is 39.5 Å². The molecular weight excluding hydrogens is 239 g/mol. The van der Waals surface area contributed by atoms with Gasteiger partial charge in [0.25, 0.3) is 5.56 Å². The molecular formula is C8H9N4NaO4. The summed E-state index contributed by atoms with van der Waals surface area (Å²) in [5, 5.41) is 8.25. The quantitative estimate of drug-likeness (QED) is 0.369. The van der Waals surface area contributed by atoms with Crippen molar-refractivity contribution in [3.63, 3.8) is 0 Å². The van der Waals surface area contributed by atoms with Crippen molar-refractivity contribution in [1.29, 1.82) is 0 Å². The number of aromatic amines is 1. The van der Waals surface area contributed by atoms with E-state index in [0.717, 1.165) is 0 Å². The topological polar surface area (TPSA) is 113 Å². The van der Waals surface area contributed by atoms with Crippen molar-refractivity contribution in [3.05, 3.63) is 27.2 Å². The minimum Gasteiger partial charge on any atom is -0.554 e. The van der Waals surface area contributed by atoms with Crippen molar-refractivity contribution in [2.45, 2.75) is 0 Å². The van der Waals surface area contributed by atoms with Crippen LogP contribution in [-0.4, -0.2) is 25.6 Å². The number of fused-ring (bicyclic) bond motifs is 1. The molecule has 86 valence electrons. The summed E-state index contributed by atoms with van der Waals surface area (Å²) in [5.74, 6) is 0. The maximum absolute atomic E-state index is 11.3. The first-order valence-corrected chi connectivity index (χ1v) is 4.18. The summed E-state index contributed by atoms with van der Waals surface area (Å²) < 4.78 is 2.88. The Morgan fingerprint density at radius 1 is 1.41 bits per heavy atom. The predicted molar refractivity (Wildman–Crippen MR) is 52.6 cm³/mol. The van der Waals surface area contributed by atoms with Gasteiger partial charge < -0.3 is 14.5 Å². The monoisotopic (exact) mass is 248 g/mol. The number of hydrogen-bond donors (Lipinski definition) is 1. The number of carbonyl (C=O) groups excluding carboxylic acids is 1. The van der Waals surface area contributed by atoms with Crippen LogP contribution in [-0.2, 0) is 18.9 Å². The van der Waals surface area contributed by atoms with Gasteiger partial charge in [-0.1, -0.05) is 0 Å². The molecule has 0 saturated heterocycles. The van der Waals surface area contributed by atoms with Crippen LogP contribution in [0.25, 0.3) is 11.2 Å². The zero-order valence-electron chi connectivity index (χ0n) is 9.63. The molecule has 2 heterocycles. The number of carbonyl (C=O) groups is 1. The van der Waals surface area contributed by atoms with Gasteiger partial charge in [0, 0.05) is 20.6 Å². The molecule has 0 saturated carbocycles. The van der Waals surface area contributed by atoms with E-state index in [-0.39, 0.29) is 29.6 Å². The maximum atomic E-state index is 11.3. The largest absolute Gasteiger partial charge is 1.00 e. The molecule has 0 aliphatic rings. The summed E-state index contributed by atoms with van der Waals surface area (Å²) in [6, 6.07) is 0. The van der Waals surface area contributed by atoms with Crippen LogP contribution in [0, 0.1) is 0 Å². The average molecular weight is 248 g/mol. The SMILES string of the molecule is Cn1cnc2c1c(=O)[nH]c(=O)n2C.O=C[O-].[Na+]. The number of nitrogens with one attached hydrogen (secondary N) is 1. The van der Waals surface area contributed by atoms with Gasteiger partial charge in [-0.25, -0.2) is 9.78 Å². The van der Waals surface area contributed by atoms with Crippen LogP contribution in [0.1, 0.15) is 0 Å². The predicted octanol–water partition coefficient (Wildman–Crippen LogP) is -5.67. The Balaban J connectivity index is 0.000000583. The molecule has 2 rings (SSSR count). The fourth-order valence-corrected chi connectivity index (χ4v) is 1.26. The van der Waals surface area contributed by atoms with Crippen molar-refractivity contribution in [2.75, 3.05) is 0 Å². The molecule has 9 heteroatoms. The Labute approximate surface area is 117 Å².